The Kier molecular flexibility index (Phi) is 5.49. The first-order chi connectivity index (χ1) is 8.19. The fourth-order valence-corrected chi connectivity index (χ4v) is 1.44. The predicted molar refractivity (Wildman–Crippen MR) is 69.2 cm³/mol. The maximum atomic E-state index is 11.9. The molecule has 1 aromatic rings. The van der Waals surface area contributed by atoms with Crippen molar-refractivity contribution in [2.45, 2.75) is 26.3 Å². The van der Waals surface area contributed by atoms with Crippen LogP contribution in [0, 0.1) is 0 Å². The number of amides is 1. The number of carbonyl (C=O) groups excluding carboxylic acids is 1. The van der Waals surface area contributed by atoms with Crippen LogP contribution in [-0.2, 0) is 0 Å². The van der Waals surface area contributed by atoms with Crippen molar-refractivity contribution in [2.24, 2.45) is 0 Å². The quantitative estimate of drug-likeness (QED) is 0.703. The number of hydrogen-bond donors (Lipinski definition) is 3. The van der Waals surface area contributed by atoms with Gasteiger partial charge in [0.15, 0.2) is 0 Å². The van der Waals surface area contributed by atoms with Crippen LogP contribution in [0.25, 0.3) is 0 Å². The fourth-order valence-electron chi connectivity index (χ4n) is 1.44. The molecule has 0 spiro atoms. The van der Waals surface area contributed by atoms with Gasteiger partial charge in [-0.2, -0.15) is 0 Å². The summed E-state index contributed by atoms with van der Waals surface area (Å²) in [6.07, 6.45) is 1.00. The number of hydrogen-bond acceptors (Lipinski definition) is 3. The number of para-hydroxylation sites is 1. The van der Waals surface area contributed by atoms with Crippen LogP contribution < -0.4 is 10.6 Å². The molecule has 0 aliphatic heterocycles. The van der Waals surface area contributed by atoms with Crippen LogP contribution in [0.3, 0.4) is 0 Å². The van der Waals surface area contributed by atoms with Gasteiger partial charge in [-0.1, -0.05) is 19.1 Å². The lowest BCUT2D eigenvalue weighted by Crippen LogP contribution is -2.35. The first-order valence-electron chi connectivity index (χ1n) is 5.93. The summed E-state index contributed by atoms with van der Waals surface area (Å²) in [6.45, 7) is 4.61. The van der Waals surface area contributed by atoms with Gasteiger partial charge in [-0.25, -0.2) is 0 Å². The molecule has 0 heterocycles. The van der Waals surface area contributed by atoms with E-state index in [0.717, 1.165) is 18.7 Å². The van der Waals surface area contributed by atoms with Crippen LogP contribution in [-0.4, -0.2) is 30.2 Å². The van der Waals surface area contributed by atoms with E-state index in [1.54, 1.807) is 13.0 Å². The van der Waals surface area contributed by atoms with E-state index in [-0.39, 0.29) is 18.6 Å². The Morgan fingerprint density at radius 1 is 1.41 bits per heavy atom. The number of aliphatic hydroxyl groups is 1. The first-order valence-corrected chi connectivity index (χ1v) is 5.93. The van der Waals surface area contributed by atoms with Crippen LogP contribution in [0.4, 0.5) is 5.69 Å². The lowest BCUT2D eigenvalue weighted by Gasteiger charge is -2.14. The zero-order valence-electron chi connectivity index (χ0n) is 10.4. The van der Waals surface area contributed by atoms with Crippen molar-refractivity contribution in [3.8, 4) is 0 Å². The molecule has 1 rings (SSSR count). The van der Waals surface area contributed by atoms with Crippen LogP contribution in [0.1, 0.15) is 30.6 Å². The summed E-state index contributed by atoms with van der Waals surface area (Å²) >= 11 is 0. The SMILES string of the molecule is CCCNc1ccccc1C(=O)NC(C)CO. The monoisotopic (exact) mass is 236 g/mol. The molecular formula is C13H20N2O2. The molecule has 1 atom stereocenters. The van der Waals surface area contributed by atoms with Crippen LogP contribution in [0.5, 0.6) is 0 Å². The van der Waals surface area contributed by atoms with Gasteiger partial charge < -0.3 is 15.7 Å². The molecule has 0 saturated carbocycles. The Bertz CT molecular complexity index is 366. The van der Waals surface area contributed by atoms with E-state index in [9.17, 15) is 4.79 Å². The maximum absolute atomic E-state index is 11.9. The third-order valence-corrected chi connectivity index (χ3v) is 2.39. The van der Waals surface area contributed by atoms with E-state index in [2.05, 4.69) is 17.6 Å². The lowest BCUT2D eigenvalue weighted by atomic mass is 10.1. The van der Waals surface area contributed by atoms with Gasteiger partial charge in [0.2, 0.25) is 0 Å². The van der Waals surface area contributed by atoms with Gasteiger partial charge in [0.05, 0.1) is 12.2 Å². The second kappa shape index (κ2) is 6.91. The van der Waals surface area contributed by atoms with E-state index in [4.69, 9.17) is 5.11 Å². The second-order valence-electron chi connectivity index (χ2n) is 4.03. The molecule has 0 aromatic heterocycles. The van der Waals surface area contributed by atoms with E-state index in [1.165, 1.54) is 0 Å². The average molecular weight is 236 g/mol. The minimum absolute atomic E-state index is 0.0592. The van der Waals surface area contributed by atoms with Crippen molar-refractivity contribution < 1.29 is 9.90 Å². The molecule has 4 heteroatoms. The molecule has 3 N–H and O–H groups in total. The number of aliphatic hydroxyl groups excluding tert-OH is 1. The van der Waals surface area contributed by atoms with Gasteiger partial charge in [-0.15, -0.1) is 0 Å². The van der Waals surface area contributed by atoms with Crippen molar-refractivity contribution in [2.75, 3.05) is 18.5 Å². The largest absolute Gasteiger partial charge is 0.394 e. The molecule has 0 radical (unpaired) electrons. The van der Waals surface area contributed by atoms with Crippen molar-refractivity contribution in [1.29, 1.82) is 0 Å². The molecule has 1 aromatic carbocycles. The zero-order valence-corrected chi connectivity index (χ0v) is 10.4. The number of anilines is 1. The number of rotatable bonds is 6. The molecule has 17 heavy (non-hydrogen) atoms. The molecule has 0 aliphatic carbocycles. The third-order valence-electron chi connectivity index (χ3n) is 2.39. The molecule has 0 aliphatic rings. The summed E-state index contributed by atoms with van der Waals surface area (Å²) < 4.78 is 0. The molecule has 1 amide bonds. The van der Waals surface area contributed by atoms with E-state index in [0.29, 0.717) is 5.56 Å². The zero-order chi connectivity index (χ0) is 12.7. The van der Waals surface area contributed by atoms with Gasteiger partial charge in [-0.3, -0.25) is 4.79 Å². The summed E-state index contributed by atoms with van der Waals surface area (Å²) in [6, 6.07) is 7.15. The lowest BCUT2D eigenvalue weighted by molar-refractivity contribution is 0.0923. The van der Waals surface area contributed by atoms with E-state index < -0.39 is 0 Å². The highest BCUT2D eigenvalue weighted by molar-refractivity contribution is 5.99. The Morgan fingerprint density at radius 2 is 2.12 bits per heavy atom. The molecule has 94 valence electrons. The molecule has 0 fully saturated rings. The van der Waals surface area contributed by atoms with Gasteiger partial charge in [0.25, 0.3) is 5.91 Å². The molecular weight excluding hydrogens is 216 g/mol. The van der Waals surface area contributed by atoms with Crippen molar-refractivity contribution in [3.63, 3.8) is 0 Å². The van der Waals surface area contributed by atoms with E-state index in [1.807, 2.05) is 18.2 Å². The predicted octanol–water partition coefficient (Wildman–Crippen LogP) is 1.62. The highest BCUT2D eigenvalue weighted by Crippen LogP contribution is 2.14. The minimum Gasteiger partial charge on any atom is -0.394 e. The summed E-state index contributed by atoms with van der Waals surface area (Å²) in [5, 5.41) is 14.9. The summed E-state index contributed by atoms with van der Waals surface area (Å²) in [5.74, 6) is -0.161. The highest BCUT2D eigenvalue weighted by atomic mass is 16.3. The fraction of sp³-hybridized carbons (Fsp3) is 0.462. The molecule has 0 bridgehead atoms. The Labute approximate surface area is 102 Å². The number of benzene rings is 1. The molecule has 0 saturated heterocycles. The first kappa shape index (κ1) is 13.5. The van der Waals surface area contributed by atoms with Gasteiger partial charge in [0.1, 0.15) is 0 Å². The van der Waals surface area contributed by atoms with Crippen molar-refractivity contribution in [3.05, 3.63) is 29.8 Å². The minimum atomic E-state index is -0.235. The molecule has 1 unspecified atom stereocenters. The van der Waals surface area contributed by atoms with Gasteiger partial charge in [0, 0.05) is 18.3 Å². The van der Waals surface area contributed by atoms with Crippen molar-refractivity contribution >= 4 is 11.6 Å². The van der Waals surface area contributed by atoms with Crippen LogP contribution >= 0.6 is 0 Å². The number of nitrogens with one attached hydrogen (secondary N) is 2. The van der Waals surface area contributed by atoms with Gasteiger partial charge >= 0.3 is 0 Å². The topological polar surface area (TPSA) is 61.4 Å². The Morgan fingerprint density at radius 3 is 2.76 bits per heavy atom. The Hall–Kier alpha value is -1.55. The smallest absolute Gasteiger partial charge is 0.253 e. The van der Waals surface area contributed by atoms with Crippen LogP contribution in [0.2, 0.25) is 0 Å². The van der Waals surface area contributed by atoms with Crippen molar-refractivity contribution in [1.82, 2.24) is 5.32 Å². The van der Waals surface area contributed by atoms with Crippen LogP contribution in [0.15, 0.2) is 24.3 Å². The summed E-state index contributed by atoms with van der Waals surface area (Å²) in [4.78, 5) is 11.9. The maximum Gasteiger partial charge on any atom is 0.253 e. The standard InChI is InChI=1S/C13H20N2O2/c1-3-8-14-12-7-5-4-6-11(12)13(17)15-10(2)9-16/h4-7,10,14,16H,3,8-9H2,1-2H3,(H,15,17). The summed E-state index contributed by atoms with van der Waals surface area (Å²) in [5.41, 5.74) is 1.44. The Balaban J connectivity index is 2.77. The van der Waals surface area contributed by atoms with E-state index >= 15 is 0 Å². The average Bonchev–Trinajstić information content (AvgIpc) is 2.36. The molecule has 4 nitrogen and oxygen atoms in total. The number of carbonyl (C=O) groups is 1. The van der Waals surface area contributed by atoms with Gasteiger partial charge in [-0.05, 0) is 25.5 Å². The second-order valence-corrected chi connectivity index (χ2v) is 4.03. The third kappa shape index (κ3) is 4.07. The summed E-state index contributed by atoms with van der Waals surface area (Å²) in [7, 11) is 0. The highest BCUT2D eigenvalue weighted by Gasteiger charge is 2.12. The normalized spacial score (nSPS) is 11.9.